The average Bonchev–Trinajstić information content (AvgIpc) is 2.15. The van der Waals surface area contributed by atoms with Crippen LogP contribution in [0, 0.1) is 5.82 Å². The summed E-state index contributed by atoms with van der Waals surface area (Å²) in [5, 5.41) is 0. The van der Waals surface area contributed by atoms with Crippen LogP contribution >= 0.6 is 28.3 Å². The summed E-state index contributed by atoms with van der Waals surface area (Å²) >= 11 is 3.31. The molecule has 2 N–H and O–H groups in total. The Morgan fingerprint density at radius 1 is 1.41 bits per heavy atom. The van der Waals surface area contributed by atoms with E-state index in [0.29, 0.717) is 0 Å². The second kappa shape index (κ2) is 6.69. The molecule has 1 saturated heterocycles. The van der Waals surface area contributed by atoms with E-state index in [0.717, 1.165) is 42.5 Å². The van der Waals surface area contributed by atoms with Gasteiger partial charge in [-0.25, -0.2) is 4.39 Å². The fourth-order valence-corrected chi connectivity index (χ4v) is 2.71. The molecule has 5 heteroatoms. The molecule has 17 heavy (non-hydrogen) atoms. The quantitative estimate of drug-likeness (QED) is 0.907. The Balaban J connectivity index is 0.00000144. The highest BCUT2D eigenvalue weighted by Crippen LogP contribution is 2.18. The van der Waals surface area contributed by atoms with Gasteiger partial charge in [0.1, 0.15) is 5.82 Å². The van der Waals surface area contributed by atoms with Gasteiger partial charge in [0.15, 0.2) is 0 Å². The number of halogens is 3. The Kier molecular flexibility index (Phi) is 5.86. The zero-order valence-corrected chi connectivity index (χ0v) is 11.9. The lowest BCUT2D eigenvalue weighted by Crippen LogP contribution is -2.42. The maximum absolute atomic E-state index is 13.2. The first-order valence-electron chi connectivity index (χ1n) is 5.56. The van der Waals surface area contributed by atoms with Crippen LogP contribution in [0.15, 0.2) is 22.7 Å². The molecule has 0 aliphatic carbocycles. The zero-order chi connectivity index (χ0) is 11.5. The molecule has 1 fully saturated rings. The lowest BCUT2D eigenvalue weighted by molar-refractivity contribution is 0.201. The molecule has 1 unspecified atom stereocenters. The number of rotatable bonds is 2. The summed E-state index contributed by atoms with van der Waals surface area (Å²) in [6.45, 7) is 2.75. The van der Waals surface area contributed by atoms with Gasteiger partial charge in [0.25, 0.3) is 0 Å². The van der Waals surface area contributed by atoms with Crippen molar-refractivity contribution in [3.63, 3.8) is 0 Å². The molecule has 1 aliphatic heterocycles. The van der Waals surface area contributed by atoms with Crippen LogP contribution in [0.4, 0.5) is 4.39 Å². The summed E-state index contributed by atoms with van der Waals surface area (Å²) < 4.78 is 14.0. The van der Waals surface area contributed by atoms with E-state index in [-0.39, 0.29) is 24.3 Å². The van der Waals surface area contributed by atoms with Crippen molar-refractivity contribution in [1.29, 1.82) is 0 Å². The topological polar surface area (TPSA) is 29.3 Å². The van der Waals surface area contributed by atoms with Crippen LogP contribution in [0.25, 0.3) is 0 Å². The number of piperidine rings is 1. The SMILES string of the molecule is Cl.NC1CCCN(Cc2cc(F)cc(Br)c2)C1. The minimum Gasteiger partial charge on any atom is -0.327 e. The number of nitrogens with two attached hydrogens (primary N) is 1. The molecule has 1 aliphatic rings. The summed E-state index contributed by atoms with van der Waals surface area (Å²) in [4.78, 5) is 2.29. The molecule has 1 heterocycles. The van der Waals surface area contributed by atoms with Gasteiger partial charge < -0.3 is 5.73 Å². The number of hydrogen-bond donors (Lipinski definition) is 1. The van der Waals surface area contributed by atoms with Gasteiger partial charge in [-0.2, -0.15) is 0 Å². The van der Waals surface area contributed by atoms with Crippen molar-refractivity contribution in [2.45, 2.75) is 25.4 Å². The van der Waals surface area contributed by atoms with E-state index in [1.807, 2.05) is 6.07 Å². The number of benzene rings is 1. The summed E-state index contributed by atoms with van der Waals surface area (Å²) in [6.07, 6.45) is 2.24. The molecule has 0 spiro atoms. The standard InChI is InChI=1S/C12H16BrFN2.ClH/c13-10-4-9(5-11(14)6-10)7-16-3-1-2-12(15)8-16;/h4-6,12H,1-3,7-8,15H2;1H. The lowest BCUT2D eigenvalue weighted by Gasteiger charge is -2.30. The molecular formula is C12H17BrClFN2. The van der Waals surface area contributed by atoms with E-state index in [1.54, 1.807) is 6.07 Å². The minimum absolute atomic E-state index is 0. The summed E-state index contributed by atoms with van der Waals surface area (Å²) in [7, 11) is 0. The normalized spacial score (nSPS) is 21.0. The van der Waals surface area contributed by atoms with E-state index < -0.39 is 0 Å². The van der Waals surface area contributed by atoms with E-state index in [9.17, 15) is 4.39 Å². The Labute approximate surface area is 116 Å². The Bertz CT molecular complexity index is 355. The van der Waals surface area contributed by atoms with Gasteiger partial charge in [-0.1, -0.05) is 15.9 Å². The largest absolute Gasteiger partial charge is 0.327 e. The first-order chi connectivity index (χ1) is 7.63. The second-order valence-electron chi connectivity index (χ2n) is 4.42. The molecule has 1 aromatic rings. The zero-order valence-electron chi connectivity index (χ0n) is 9.53. The predicted molar refractivity (Wildman–Crippen MR) is 73.8 cm³/mol. The number of likely N-dealkylation sites (tertiary alicyclic amines) is 1. The third kappa shape index (κ3) is 4.54. The number of nitrogens with zero attached hydrogens (tertiary/aromatic N) is 1. The van der Waals surface area contributed by atoms with Crippen molar-refractivity contribution in [3.8, 4) is 0 Å². The van der Waals surface area contributed by atoms with E-state index in [2.05, 4.69) is 20.8 Å². The third-order valence-corrected chi connectivity index (χ3v) is 3.33. The van der Waals surface area contributed by atoms with E-state index in [4.69, 9.17) is 5.73 Å². The molecule has 96 valence electrons. The molecule has 1 aromatic carbocycles. The lowest BCUT2D eigenvalue weighted by atomic mass is 10.1. The van der Waals surface area contributed by atoms with Crippen LogP contribution in [-0.4, -0.2) is 24.0 Å². The first kappa shape index (κ1) is 14.9. The molecule has 0 bridgehead atoms. The van der Waals surface area contributed by atoms with Crippen molar-refractivity contribution in [2.75, 3.05) is 13.1 Å². The summed E-state index contributed by atoms with van der Waals surface area (Å²) in [5.41, 5.74) is 6.91. The first-order valence-corrected chi connectivity index (χ1v) is 6.36. The van der Waals surface area contributed by atoms with Gasteiger partial charge in [0.2, 0.25) is 0 Å². The van der Waals surface area contributed by atoms with Gasteiger partial charge in [0.05, 0.1) is 0 Å². The monoisotopic (exact) mass is 322 g/mol. The van der Waals surface area contributed by atoms with Crippen LogP contribution < -0.4 is 5.73 Å². The van der Waals surface area contributed by atoms with Gasteiger partial charge >= 0.3 is 0 Å². The van der Waals surface area contributed by atoms with Crippen LogP contribution in [0.5, 0.6) is 0 Å². The van der Waals surface area contributed by atoms with E-state index in [1.165, 1.54) is 6.07 Å². The predicted octanol–water partition coefficient (Wildman–Crippen LogP) is 2.93. The Morgan fingerprint density at radius 3 is 2.82 bits per heavy atom. The maximum atomic E-state index is 13.2. The number of hydrogen-bond acceptors (Lipinski definition) is 2. The highest BCUT2D eigenvalue weighted by atomic mass is 79.9. The van der Waals surface area contributed by atoms with Crippen LogP contribution in [-0.2, 0) is 6.54 Å². The molecule has 0 amide bonds. The van der Waals surface area contributed by atoms with E-state index >= 15 is 0 Å². The van der Waals surface area contributed by atoms with Gasteiger partial charge in [-0.05, 0) is 43.1 Å². The fourth-order valence-electron chi connectivity index (χ4n) is 2.20. The van der Waals surface area contributed by atoms with Crippen LogP contribution in [0.3, 0.4) is 0 Å². The van der Waals surface area contributed by atoms with Crippen LogP contribution in [0.1, 0.15) is 18.4 Å². The Hall–Kier alpha value is -0.160. The minimum atomic E-state index is -0.189. The third-order valence-electron chi connectivity index (χ3n) is 2.87. The van der Waals surface area contributed by atoms with Gasteiger partial charge in [0, 0.05) is 23.6 Å². The molecule has 1 atom stereocenters. The molecule has 0 radical (unpaired) electrons. The van der Waals surface area contributed by atoms with Gasteiger partial charge in [-0.15, -0.1) is 12.4 Å². The molecular weight excluding hydrogens is 307 g/mol. The molecule has 2 rings (SSSR count). The molecule has 0 aromatic heterocycles. The maximum Gasteiger partial charge on any atom is 0.124 e. The molecule has 0 saturated carbocycles. The smallest absolute Gasteiger partial charge is 0.124 e. The summed E-state index contributed by atoms with van der Waals surface area (Å²) in [6, 6.07) is 5.30. The van der Waals surface area contributed by atoms with Crippen molar-refractivity contribution in [1.82, 2.24) is 4.90 Å². The highest BCUT2D eigenvalue weighted by molar-refractivity contribution is 9.10. The van der Waals surface area contributed by atoms with Crippen LogP contribution in [0.2, 0.25) is 0 Å². The highest BCUT2D eigenvalue weighted by Gasteiger charge is 2.16. The summed E-state index contributed by atoms with van der Waals surface area (Å²) in [5.74, 6) is -0.189. The average molecular weight is 324 g/mol. The second-order valence-corrected chi connectivity index (χ2v) is 5.33. The Morgan fingerprint density at radius 2 is 2.18 bits per heavy atom. The fraction of sp³-hybridized carbons (Fsp3) is 0.500. The molecule has 2 nitrogen and oxygen atoms in total. The van der Waals surface area contributed by atoms with Crippen molar-refractivity contribution in [3.05, 3.63) is 34.1 Å². The van der Waals surface area contributed by atoms with Crippen molar-refractivity contribution >= 4 is 28.3 Å². The van der Waals surface area contributed by atoms with Crippen molar-refractivity contribution < 1.29 is 4.39 Å². The van der Waals surface area contributed by atoms with Crippen molar-refractivity contribution in [2.24, 2.45) is 5.73 Å². The van der Waals surface area contributed by atoms with Gasteiger partial charge in [-0.3, -0.25) is 4.90 Å².